The Hall–Kier alpha value is -3.72. The van der Waals surface area contributed by atoms with Gasteiger partial charge >= 0.3 is 12.1 Å². The Labute approximate surface area is 206 Å². The quantitative estimate of drug-likeness (QED) is 0.529. The fourth-order valence-corrected chi connectivity index (χ4v) is 5.75. The van der Waals surface area contributed by atoms with E-state index in [0.29, 0.717) is 24.3 Å². The number of nitrogens with one attached hydrogen (secondary N) is 1. The van der Waals surface area contributed by atoms with Crippen molar-refractivity contribution in [1.82, 2.24) is 9.88 Å². The van der Waals surface area contributed by atoms with Crippen molar-refractivity contribution in [1.29, 1.82) is 0 Å². The van der Waals surface area contributed by atoms with Gasteiger partial charge in [0.05, 0.1) is 12.1 Å². The number of likely N-dealkylation sites (tertiary alicyclic amines) is 1. The van der Waals surface area contributed by atoms with Crippen LogP contribution in [0.1, 0.15) is 46.5 Å². The first-order chi connectivity index (χ1) is 16.9. The van der Waals surface area contributed by atoms with Crippen LogP contribution in [0.15, 0.2) is 54.7 Å². The molecule has 1 aliphatic carbocycles. The number of hydrogen-bond donors (Lipinski definition) is 2. The van der Waals surface area contributed by atoms with E-state index in [-0.39, 0.29) is 29.6 Å². The molecule has 2 aromatic carbocycles. The zero-order valence-electron chi connectivity index (χ0n) is 19.1. The zero-order valence-corrected chi connectivity index (χ0v) is 20.0. The summed E-state index contributed by atoms with van der Waals surface area (Å²) in [5.41, 5.74) is 4.57. The number of carboxylic acids is 1. The Balaban J connectivity index is 1.20. The van der Waals surface area contributed by atoms with Crippen LogP contribution in [0.25, 0.3) is 11.1 Å². The maximum absolute atomic E-state index is 12.9. The lowest BCUT2D eigenvalue weighted by molar-refractivity contribution is -0.143. The molecule has 2 amide bonds. The highest BCUT2D eigenvalue weighted by atomic mass is 32.1. The molecule has 1 saturated heterocycles. The summed E-state index contributed by atoms with van der Waals surface area (Å²) in [7, 11) is 0. The normalized spacial score (nSPS) is 19.1. The molecule has 1 fully saturated rings. The van der Waals surface area contributed by atoms with Gasteiger partial charge in [0.25, 0.3) is 5.91 Å². The number of anilines is 1. The van der Waals surface area contributed by atoms with Crippen LogP contribution in [0.2, 0.25) is 0 Å². The summed E-state index contributed by atoms with van der Waals surface area (Å²) in [6.45, 7) is 2.42. The van der Waals surface area contributed by atoms with Crippen molar-refractivity contribution in [3.8, 4) is 11.1 Å². The van der Waals surface area contributed by atoms with Crippen LogP contribution in [-0.2, 0) is 9.53 Å². The zero-order chi connectivity index (χ0) is 24.5. The topological polar surface area (TPSA) is 109 Å². The molecule has 0 unspecified atom stereocenters. The second-order valence-electron chi connectivity index (χ2n) is 8.89. The molecule has 2 atom stereocenters. The van der Waals surface area contributed by atoms with E-state index in [9.17, 15) is 19.5 Å². The van der Waals surface area contributed by atoms with E-state index in [0.717, 1.165) is 33.6 Å². The number of amides is 2. The standard InChI is InChI=1S/C26H25N3O5S/c1-15-12-16(24(31)32)10-11-29(15)23(30)22-13-27-25(35-22)28-26(33)34-14-21-19-8-4-2-6-17(19)18-7-3-5-9-20(18)21/h2-9,13,15-16,21H,10-12,14H2,1H3,(H,31,32)(H,27,28,33)/t15-,16-/m0/s1. The average Bonchev–Trinajstić information content (AvgIpc) is 3.45. The number of ether oxygens (including phenoxy) is 1. The largest absolute Gasteiger partial charge is 0.481 e. The van der Waals surface area contributed by atoms with Crippen LogP contribution in [0, 0.1) is 5.92 Å². The Bertz CT molecular complexity index is 1240. The summed E-state index contributed by atoms with van der Waals surface area (Å²) in [5, 5.41) is 12.1. The number of carbonyl (C=O) groups is 3. The fraction of sp³-hybridized carbons (Fsp3) is 0.308. The minimum atomic E-state index is -0.823. The second kappa shape index (κ2) is 9.50. The number of aromatic nitrogens is 1. The summed E-state index contributed by atoms with van der Waals surface area (Å²) in [6.07, 6.45) is 1.65. The molecular formula is C26H25N3O5S. The van der Waals surface area contributed by atoms with Crippen LogP contribution in [0.5, 0.6) is 0 Å². The van der Waals surface area contributed by atoms with Crippen molar-refractivity contribution in [2.24, 2.45) is 5.92 Å². The van der Waals surface area contributed by atoms with Crippen LogP contribution >= 0.6 is 11.3 Å². The number of fused-ring (bicyclic) bond motifs is 3. The van der Waals surface area contributed by atoms with Crippen molar-refractivity contribution in [3.05, 3.63) is 70.7 Å². The lowest BCUT2D eigenvalue weighted by Crippen LogP contribution is -2.45. The molecule has 35 heavy (non-hydrogen) atoms. The van der Waals surface area contributed by atoms with Gasteiger partial charge in [0.1, 0.15) is 11.5 Å². The van der Waals surface area contributed by atoms with Gasteiger partial charge in [-0.25, -0.2) is 9.78 Å². The Morgan fingerprint density at radius 2 is 1.77 bits per heavy atom. The fourth-order valence-electron chi connectivity index (χ4n) is 4.99. The van der Waals surface area contributed by atoms with Crippen LogP contribution in [-0.4, -0.2) is 52.2 Å². The molecule has 1 aromatic heterocycles. The number of carboxylic acid groups (broad SMARTS) is 1. The lowest BCUT2D eigenvalue weighted by atomic mass is 9.91. The number of rotatable bonds is 5. The monoisotopic (exact) mass is 491 g/mol. The predicted octanol–water partition coefficient (Wildman–Crippen LogP) is 4.83. The number of nitrogens with zero attached hydrogens (tertiary/aromatic N) is 2. The van der Waals surface area contributed by atoms with Gasteiger partial charge in [0, 0.05) is 18.5 Å². The van der Waals surface area contributed by atoms with Gasteiger partial charge in [-0.05, 0) is 42.0 Å². The smallest absolute Gasteiger partial charge is 0.413 e. The molecule has 2 heterocycles. The van der Waals surface area contributed by atoms with Gasteiger partial charge in [0.15, 0.2) is 5.13 Å². The highest BCUT2D eigenvalue weighted by molar-refractivity contribution is 7.17. The van der Waals surface area contributed by atoms with E-state index in [1.807, 2.05) is 31.2 Å². The summed E-state index contributed by atoms with van der Waals surface area (Å²) in [6, 6.07) is 16.1. The molecule has 2 N–H and O–H groups in total. The summed E-state index contributed by atoms with van der Waals surface area (Å²) < 4.78 is 5.55. The number of thiazole rings is 1. The third-order valence-electron chi connectivity index (χ3n) is 6.76. The minimum Gasteiger partial charge on any atom is -0.481 e. The number of piperidine rings is 1. The van der Waals surface area contributed by atoms with Crippen molar-refractivity contribution in [3.63, 3.8) is 0 Å². The summed E-state index contributed by atoms with van der Waals surface area (Å²) >= 11 is 1.08. The lowest BCUT2D eigenvalue weighted by Gasteiger charge is -2.35. The maximum Gasteiger partial charge on any atom is 0.413 e. The number of benzene rings is 2. The Morgan fingerprint density at radius 1 is 1.11 bits per heavy atom. The molecule has 2 aliphatic rings. The van der Waals surface area contributed by atoms with Gasteiger partial charge in [-0.3, -0.25) is 14.9 Å². The Morgan fingerprint density at radius 3 is 2.40 bits per heavy atom. The SMILES string of the molecule is C[C@H]1C[C@@H](C(=O)O)CCN1C(=O)c1cnc(NC(=O)OCC2c3ccccc3-c3ccccc32)s1. The molecule has 5 rings (SSSR count). The van der Waals surface area contributed by atoms with Crippen LogP contribution < -0.4 is 5.32 Å². The highest BCUT2D eigenvalue weighted by Crippen LogP contribution is 2.44. The van der Waals surface area contributed by atoms with Crippen molar-refractivity contribution in [2.45, 2.75) is 31.7 Å². The van der Waals surface area contributed by atoms with Crippen molar-refractivity contribution >= 4 is 34.4 Å². The van der Waals surface area contributed by atoms with E-state index in [2.05, 4.69) is 34.6 Å². The second-order valence-corrected chi connectivity index (χ2v) is 9.92. The molecule has 9 heteroatoms. The molecule has 3 aromatic rings. The van der Waals surface area contributed by atoms with Gasteiger partial charge in [0.2, 0.25) is 0 Å². The van der Waals surface area contributed by atoms with E-state index >= 15 is 0 Å². The van der Waals surface area contributed by atoms with E-state index in [4.69, 9.17) is 4.74 Å². The van der Waals surface area contributed by atoms with E-state index < -0.39 is 18.0 Å². The van der Waals surface area contributed by atoms with E-state index in [1.54, 1.807) is 4.90 Å². The third-order valence-corrected chi connectivity index (χ3v) is 7.66. The third kappa shape index (κ3) is 4.51. The number of aliphatic carboxylic acids is 1. The van der Waals surface area contributed by atoms with E-state index in [1.165, 1.54) is 6.20 Å². The van der Waals surface area contributed by atoms with Gasteiger partial charge in [-0.15, -0.1) is 0 Å². The van der Waals surface area contributed by atoms with Gasteiger partial charge in [-0.2, -0.15) is 0 Å². The molecule has 180 valence electrons. The molecule has 0 saturated carbocycles. The average molecular weight is 492 g/mol. The molecule has 0 radical (unpaired) electrons. The van der Waals surface area contributed by atoms with Crippen molar-refractivity contribution in [2.75, 3.05) is 18.5 Å². The van der Waals surface area contributed by atoms with Gasteiger partial charge < -0.3 is 14.7 Å². The highest BCUT2D eigenvalue weighted by Gasteiger charge is 2.33. The number of carbonyl (C=O) groups excluding carboxylic acids is 2. The summed E-state index contributed by atoms with van der Waals surface area (Å²) in [5.74, 6) is -1.51. The maximum atomic E-state index is 12.9. The molecule has 8 nitrogen and oxygen atoms in total. The first kappa shape index (κ1) is 23.0. The van der Waals surface area contributed by atoms with Crippen LogP contribution in [0.3, 0.4) is 0 Å². The summed E-state index contributed by atoms with van der Waals surface area (Å²) in [4.78, 5) is 42.9. The van der Waals surface area contributed by atoms with Crippen molar-refractivity contribution < 1.29 is 24.2 Å². The Kier molecular flexibility index (Phi) is 6.25. The minimum absolute atomic E-state index is 0.0446. The molecular weight excluding hydrogens is 466 g/mol. The molecule has 0 bridgehead atoms. The first-order valence-corrected chi connectivity index (χ1v) is 12.4. The molecule has 1 aliphatic heterocycles. The molecule has 0 spiro atoms. The predicted molar refractivity (Wildman–Crippen MR) is 132 cm³/mol. The first-order valence-electron chi connectivity index (χ1n) is 11.5. The van der Waals surface area contributed by atoms with Crippen LogP contribution in [0.4, 0.5) is 9.93 Å². The number of hydrogen-bond acceptors (Lipinski definition) is 6. The van der Waals surface area contributed by atoms with Gasteiger partial charge in [-0.1, -0.05) is 59.9 Å².